The predicted molar refractivity (Wildman–Crippen MR) is 102 cm³/mol. The zero-order valence-electron chi connectivity index (χ0n) is 14.8. The Kier molecular flexibility index (Phi) is 6.91. The SMILES string of the molecule is CCc1c(C)sc(NC(=O)CCC(=O)O)c1C(=O)NCc1ccccc1. The van der Waals surface area contributed by atoms with Gasteiger partial charge in [0, 0.05) is 17.8 Å². The van der Waals surface area contributed by atoms with Gasteiger partial charge in [0.15, 0.2) is 0 Å². The van der Waals surface area contributed by atoms with Crippen LogP contribution in [0.2, 0.25) is 0 Å². The first-order valence-electron chi connectivity index (χ1n) is 8.38. The van der Waals surface area contributed by atoms with Crippen molar-refractivity contribution in [3.05, 3.63) is 51.9 Å². The molecule has 7 heteroatoms. The van der Waals surface area contributed by atoms with Crippen LogP contribution in [0.3, 0.4) is 0 Å². The molecule has 0 aliphatic rings. The fraction of sp³-hybridized carbons (Fsp3) is 0.316. The average Bonchev–Trinajstić information content (AvgIpc) is 2.93. The normalized spacial score (nSPS) is 10.4. The van der Waals surface area contributed by atoms with Crippen LogP contribution in [-0.2, 0) is 22.6 Å². The van der Waals surface area contributed by atoms with E-state index in [0.29, 0.717) is 23.5 Å². The first-order chi connectivity index (χ1) is 12.4. The molecule has 0 fully saturated rings. The number of thiophene rings is 1. The van der Waals surface area contributed by atoms with E-state index < -0.39 is 11.9 Å². The molecule has 2 amide bonds. The van der Waals surface area contributed by atoms with Gasteiger partial charge in [0.1, 0.15) is 5.00 Å². The first kappa shape index (κ1) is 19.7. The maximum absolute atomic E-state index is 12.7. The standard InChI is InChI=1S/C19H22N2O4S/c1-3-14-12(2)26-19(21-15(22)9-10-16(23)24)17(14)18(25)20-11-13-7-5-4-6-8-13/h4-8H,3,9-11H2,1-2H3,(H,20,25)(H,21,22)(H,23,24). The molecule has 2 aromatic rings. The Morgan fingerprint density at radius 3 is 2.42 bits per heavy atom. The fourth-order valence-corrected chi connectivity index (χ4v) is 3.77. The van der Waals surface area contributed by atoms with Crippen molar-refractivity contribution in [3.8, 4) is 0 Å². The molecule has 3 N–H and O–H groups in total. The topological polar surface area (TPSA) is 95.5 Å². The Morgan fingerprint density at radius 1 is 1.12 bits per heavy atom. The fourth-order valence-electron chi connectivity index (χ4n) is 2.61. The van der Waals surface area contributed by atoms with Crippen molar-refractivity contribution in [3.63, 3.8) is 0 Å². The summed E-state index contributed by atoms with van der Waals surface area (Å²) < 4.78 is 0. The van der Waals surface area contributed by atoms with Gasteiger partial charge < -0.3 is 15.7 Å². The van der Waals surface area contributed by atoms with Gasteiger partial charge in [-0.1, -0.05) is 37.3 Å². The summed E-state index contributed by atoms with van der Waals surface area (Å²) in [6.07, 6.45) is 0.298. The smallest absolute Gasteiger partial charge is 0.303 e. The van der Waals surface area contributed by atoms with Crippen LogP contribution >= 0.6 is 11.3 Å². The molecule has 0 radical (unpaired) electrons. The average molecular weight is 374 g/mol. The maximum atomic E-state index is 12.7. The third-order valence-electron chi connectivity index (χ3n) is 3.90. The zero-order valence-corrected chi connectivity index (χ0v) is 15.6. The Balaban J connectivity index is 2.15. The number of amides is 2. The Bertz CT molecular complexity index is 799. The first-order valence-corrected chi connectivity index (χ1v) is 9.20. The van der Waals surface area contributed by atoms with Gasteiger partial charge >= 0.3 is 5.97 Å². The molecular weight excluding hydrogens is 352 g/mol. The molecule has 0 spiro atoms. The Hall–Kier alpha value is -2.67. The number of benzene rings is 1. The highest BCUT2D eigenvalue weighted by atomic mass is 32.1. The van der Waals surface area contributed by atoms with Gasteiger partial charge in [-0.25, -0.2) is 0 Å². The van der Waals surface area contributed by atoms with E-state index in [0.717, 1.165) is 16.0 Å². The van der Waals surface area contributed by atoms with Gasteiger partial charge in [0.25, 0.3) is 5.91 Å². The van der Waals surface area contributed by atoms with Gasteiger partial charge in [-0.3, -0.25) is 14.4 Å². The van der Waals surface area contributed by atoms with Crippen LogP contribution in [0, 0.1) is 6.92 Å². The van der Waals surface area contributed by atoms with Crippen LogP contribution < -0.4 is 10.6 Å². The lowest BCUT2D eigenvalue weighted by molar-refractivity contribution is -0.138. The number of carbonyl (C=O) groups excluding carboxylic acids is 2. The van der Waals surface area contributed by atoms with Crippen LogP contribution in [0.25, 0.3) is 0 Å². The van der Waals surface area contributed by atoms with E-state index in [-0.39, 0.29) is 18.7 Å². The Morgan fingerprint density at radius 2 is 1.81 bits per heavy atom. The number of rotatable bonds is 8. The highest BCUT2D eigenvalue weighted by molar-refractivity contribution is 7.16. The number of hydrogen-bond donors (Lipinski definition) is 3. The minimum absolute atomic E-state index is 0.126. The monoisotopic (exact) mass is 374 g/mol. The molecule has 0 saturated heterocycles. The van der Waals surface area contributed by atoms with Gasteiger partial charge in [-0.2, -0.15) is 0 Å². The molecule has 1 heterocycles. The number of aryl methyl sites for hydroxylation is 1. The van der Waals surface area contributed by atoms with E-state index in [4.69, 9.17) is 5.11 Å². The lowest BCUT2D eigenvalue weighted by atomic mass is 10.1. The highest BCUT2D eigenvalue weighted by Gasteiger charge is 2.22. The summed E-state index contributed by atoms with van der Waals surface area (Å²) in [6.45, 7) is 4.26. The molecule has 2 rings (SSSR count). The molecule has 0 atom stereocenters. The minimum atomic E-state index is -1.03. The third kappa shape index (κ3) is 5.16. The molecule has 26 heavy (non-hydrogen) atoms. The molecule has 0 unspecified atom stereocenters. The quantitative estimate of drug-likeness (QED) is 0.660. The number of nitrogens with one attached hydrogen (secondary N) is 2. The number of carbonyl (C=O) groups is 3. The summed E-state index contributed by atoms with van der Waals surface area (Å²) in [4.78, 5) is 36.3. The van der Waals surface area contributed by atoms with Crippen LogP contribution in [0.5, 0.6) is 0 Å². The zero-order chi connectivity index (χ0) is 19.1. The van der Waals surface area contributed by atoms with E-state index in [1.807, 2.05) is 44.2 Å². The van der Waals surface area contributed by atoms with Crippen molar-refractivity contribution in [1.29, 1.82) is 0 Å². The van der Waals surface area contributed by atoms with Gasteiger partial charge in [-0.15, -0.1) is 11.3 Å². The van der Waals surface area contributed by atoms with Crippen LogP contribution in [0.15, 0.2) is 30.3 Å². The van der Waals surface area contributed by atoms with Crippen LogP contribution in [0.4, 0.5) is 5.00 Å². The Labute approximate surface area is 156 Å². The molecule has 6 nitrogen and oxygen atoms in total. The number of hydrogen-bond acceptors (Lipinski definition) is 4. The second kappa shape index (κ2) is 9.15. The maximum Gasteiger partial charge on any atom is 0.303 e. The summed E-state index contributed by atoms with van der Waals surface area (Å²) in [5.74, 6) is -1.69. The van der Waals surface area contributed by atoms with Gasteiger partial charge in [-0.05, 0) is 24.5 Å². The molecule has 0 aliphatic carbocycles. The van der Waals surface area contributed by atoms with Crippen molar-refractivity contribution >= 4 is 34.1 Å². The third-order valence-corrected chi connectivity index (χ3v) is 4.97. The summed E-state index contributed by atoms with van der Waals surface area (Å²) in [5, 5.41) is 14.8. The van der Waals surface area contributed by atoms with Crippen molar-refractivity contribution in [2.45, 2.75) is 39.7 Å². The largest absolute Gasteiger partial charge is 0.481 e. The van der Waals surface area contributed by atoms with Crippen molar-refractivity contribution in [2.24, 2.45) is 0 Å². The molecule has 1 aromatic heterocycles. The predicted octanol–water partition coefficient (Wildman–Crippen LogP) is 3.35. The molecule has 0 saturated carbocycles. The number of aliphatic carboxylic acids is 1. The summed E-state index contributed by atoms with van der Waals surface area (Å²) in [5.41, 5.74) is 2.35. The van der Waals surface area contributed by atoms with Gasteiger partial charge in [0.05, 0.1) is 12.0 Å². The molecule has 0 aliphatic heterocycles. The van der Waals surface area contributed by atoms with E-state index >= 15 is 0 Å². The number of anilines is 1. The molecular formula is C19H22N2O4S. The lowest BCUT2D eigenvalue weighted by Gasteiger charge is -2.09. The van der Waals surface area contributed by atoms with Crippen LogP contribution in [0.1, 0.15) is 46.1 Å². The molecule has 1 aromatic carbocycles. The second-order valence-electron chi connectivity index (χ2n) is 5.80. The number of carboxylic acids is 1. The summed E-state index contributed by atoms with van der Waals surface area (Å²) in [6, 6.07) is 9.57. The van der Waals surface area contributed by atoms with Crippen LogP contribution in [-0.4, -0.2) is 22.9 Å². The van der Waals surface area contributed by atoms with Crippen molar-refractivity contribution in [1.82, 2.24) is 5.32 Å². The second-order valence-corrected chi connectivity index (χ2v) is 7.03. The van der Waals surface area contributed by atoms with E-state index in [1.165, 1.54) is 11.3 Å². The van der Waals surface area contributed by atoms with E-state index in [2.05, 4.69) is 10.6 Å². The van der Waals surface area contributed by atoms with E-state index in [9.17, 15) is 14.4 Å². The minimum Gasteiger partial charge on any atom is -0.481 e. The molecule has 0 bridgehead atoms. The summed E-state index contributed by atoms with van der Waals surface area (Å²) >= 11 is 1.34. The van der Waals surface area contributed by atoms with Crippen molar-refractivity contribution in [2.75, 3.05) is 5.32 Å². The lowest BCUT2D eigenvalue weighted by Crippen LogP contribution is -2.25. The summed E-state index contributed by atoms with van der Waals surface area (Å²) in [7, 11) is 0. The van der Waals surface area contributed by atoms with Crippen molar-refractivity contribution < 1.29 is 19.5 Å². The molecule has 138 valence electrons. The number of carboxylic acid groups (broad SMARTS) is 1. The highest BCUT2D eigenvalue weighted by Crippen LogP contribution is 2.33. The van der Waals surface area contributed by atoms with Gasteiger partial charge in [0.2, 0.25) is 5.91 Å². The van der Waals surface area contributed by atoms with E-state index in [1.54, 1.807) is 0 Å².